The molecule has 0 spiro atoms. The quantitative estimate of drug-likeness (QED) is 0.853. The number of carbonyl (C=O) groups is 1. The van der Waals surface area contributed by atoms with Gasteiger partial charge in [0.25, 0.3) is 5.91 Å². The Labute approximate surface area is 161 Å². The van der Waals surface area contributed by atoms with Gasteiger partial charge >= 0.3 is 0 Å². The van der Waals surface area contributed by atoms with E-state index in [0.29, 0.717) is 17.5 Å². The molecule has 6 heteroatoms. The van der Waals surface area contributed by atoms with Crippen LogP contribution in [0.3, 0.4) is 0 Å². The number of carbonyl (C=O) groups excluding carboxylic acids is 1. The minimum atomic E-state index is 0.116. The molecule has 3 aliphatic heterocycles. The molecule has 0 saturated carbocycles. The van der Waals surface area contributed by atoms with Gasteiger partial charge in [-0.05, 0) is 37.3 Å². The number of aromatic amines is 1. The number of rotatable bonds is 6. The Kier molecular flexibility index (Phi) is 5.53. The molecule has 6 nitrogen and oxygen atoms in total. The summed E-state index contributed by atoms with van der Waals surface area (Å²) in [6, 6.07) is 4.12. The summed E-state index contributed by atoms with van der Waals surface area (Å²) in [6.07, 6.45) is 11.1. The van der Waals surface area contributed by atoms with Gasteiger partial charge in [0.15, 0.2) is 0 Å². The monoisotopic (exact) mass is 367 g/mol. The van der Waals surface area contributed by atoms with Crippen molar-refractivity contribution in [1.82, 2.24) is 24.8 Å². The fraction of sp³-hybridized carbons (Fsp3) is 0.571. The van der Waals surface area contributed by atoms with Crippen molar-refractivity contribution in [2.45, 2.75) is 51.6 Å². The maximum absolute atomic E-state index is 12.9. The predicted octanol–water partition coefficient (Wildman–Crippen LogP) is 2.88. The third-order valence-electron chi connectivity index (χ3n) is 5.84. The second kappa shape index (κ2) is 8.21. The summed E-state index contributed by atoms with van der Waals surface area (Å²) in [4.78, 5) is 29.6. The Hall–Kier alpha value is -2.21. The maximum Gasteiger partial charge on any atom is 0.255 e. The number of amides is 1. The largest absolute Gasteiger partial charge is 0.345 e. The molecule has 3 saturated heterocycles. The van der Waals surface area contributed by atoms with E-state index in [4.69, 9.17) is 0 Å². The molecule has 3 fully saturated rings. The van der Waals surface area contributed by atoms with Crippen molar-refractivity contribution in [3.05, 3.63) is 47.8 Å². The lowest BCUT2D eigenvalue weighted by atomic mass is 9.95. The van der Waals surface area contributed by atoms with Crippen molar-refractivity contribution < 1.29 is 4.79 Å². The lowest BCUT2D eigenvalue weighted by Gasteiger charge is -2.35. The molecule has 5 heterocycles. The molecule has 27 heavy (non-hydrogen) atoms. The van der Waals surface area contributed by atoms with E-state index in [1.807, 2.05) is 23.2 Å². The van der Waals surface area contributed by atoms with Crippen LogP contribution in [0.25, 0.3) is 0 Å². The van der Waals surface area contributed by atoms with E-state index >= 15 is 0 Å². The Morgan fingerprint density at radius 2 is 2.19 bits per heavy atom. The number of hydrogen-bond acceptors (Lipinski definition) is 4. The first kappa shape index (κ1) is 18.2. The van der Waals surface area contributed by atoms with E-state index in [-0.39, 0.29) is 5.91 Å². The number of unbranched alkanes of at least 4 members (excludes halogenated alkanes) is 1. The van der Waals surface area contributed by atoms with Crippen LogP contribution in [0.2, 0.25) is 0 Å². The van der Waals surface area contributed by atoms with Gasteiger partial charge in [-0.3, -0.25) is 14.7 Å². The van der Waals surface area contributed by atoms with Crippen molar-refractivity contribution in [2.75, 3.05) is 19.6 Å². The van der Waals surface area contributed by atoms with Gasteiger partial charge in [0.2, 0.25) is 0 Å². The molecule has 2 bridgehead atoms. The zero-order chi connectivity index (χ0) is 18.6. The topological polar surface area (TPSA) is 65.1 Å². The third kappa shape index (κ3) is 4.21. The number of nitrogens with one attached hydrogen (secondary N) is 1. The third-order valence-corrected chi connectivity index (χ3v) is 5.84. The van der Waals surface area contributed by atoms with Crippen LogP contribution < -0.4 is 0 Å². The van der Waals surface area contributed by atoms with Gasteiger partial charge in [-0.25, -0.2) is 4.98 Å². The summed E-state index contributed by atoms with van der Waals surface area (Å²) < 4.78 is 0. The molecule has 2 atom stereocenters. The SMILES string of the molecule is CCCCc1ncc(CN2C[C@H]3CC[C@@H]2CN(C(=O)c2cccnc2)C3)[nH]1. The van der Waals surface area contributed by atoms with Gasteiger partial charge in [0.1, 0.15) is 5.82 Å². The first-order valence-electron chi connectivity index (χ1n) is 10.2. The summed E-state index contributed by atoms with van der Waals surface area (Å²) in [5.74, 6) is 1.76. The highest BCUT2D eigenvalue weighted by Gasteiger charge is 2.36. The van der Waals surface area contributed by atoms with Gasteiger partial charge in [-0.2, -0.15) is 0 Å². The molecule has 3 aliphatic rings. The standard InChI is InChI=1S/C21H29N5O/c1-2-3-6-20-23-11-18(24-20)14-25-12-16-7-8-19(25)15-26(13-16)21(27)17-5-4-9-22-10-17/h4-5,9-11,16,19H,2-3,6-8,12-15H2,1H3,(H,23,24)/t16-,19-/m1/s1. The molecule has 1 N–H and O–H groups in total. The van der Waals surface area contributed by atoms with Crippen molar-refractivity contribution in [3.63, 3.8) is 0 Å². The molecule has 0 aromatic carbocycles. The number of imidazole rings is 1. The average molecular weight is 367 g/mol. The van der Waals surface area contributed by atoms with Gasteiger partial charge in [-0.15, -0.1) is 0 Å². The second-order valence-corrected chi connectivity index (χ2v) is 7.94. The van der Waals surface area contributed by atoms with Crippen LogP contribution in [0.5, 0.6) is 0 Å². The fourth-order valence-corrected chi connectivity index (χ4v) is 4.39. The minimum absolute atomic E-state index is 0.116. The molecular weight excluding hydrogens is 338 g/mol. The number of nitrogens with zero attached hydrogens (tertiary/aromatic N) is 4. The van der Waals surface area contributed by atoms with Crippen LogP contribution in [0.1, 0.15) is 54.5 Å². The lowest BCUT2D eigenvalue weighted by Crippen LogP contribution is -2.44. The number of piperidine rings is 1. The smallest absolute Gasteiger partial charge is 0.255 e. The van der Waals surface area contributed by atoms with Gasteiger partial charge in [0.05, 0.1) is 5.56 Å². The van der Waals surface area contributed by atoms with Crippen molar-refractivity contribution >= 4 is 5.91 Å². The van der Waals surface area contributed by atoms with Gasteiger partial charge in [-0.1, -0.05) is 13.3 Å². The van der Waals surface area contributed by atoms with Crippen LogP contribution >= 0.6 is 0 Å². The summed E-state index contributed by atoms with van der Waals surface area (Å²) in [5, 5.41) is 0. The van der Waals surface area contributed by atoms with E-state index in [9.17, 15) is 4.79 Å². The number of fused-ring (bicyclic) bond motifs is 4. The fourth-order valence-electron chi connectivity index (χ4n) is 4.39. The number of H-pyrrole nitrogens is 1. The molecule has 2 aromatic rings. The molecule has 0 radical (unpaired) electrons. The summed E-state index contributed by atoms with van der Waals surface area (Å²) in [7, 11) is 0. The van der Waals surface area contributed by atoms with Crippen molar-refractivity contribution in [1.29, 1.82) is 0 Å². The highest BCUT2D eigenvalue weighted by atomic mass is 16.2. The van der Waals surface area contributed by atoms with Crippen molar-refractivity contribution in [3.8, 4) is 0 Å². The number of hydrogen-bond donors (Lipinski definition) is 1. The van der Waals surface area contributed by atoms with Crippen LogP contribution in [0.4, 0.5) is 0 Å². The molecule has 144 valence electrons. The minimum Gasteiger partial charge on any atom is -0.345 e. The molecule has 0 aliphatic carbocycles. The van der Waals surface area contributed by atoms with Gasteiger partial charge < -0.3 is 9.88 Å². The highest BCUT2D eigenvalue weighted by Crippen LogP contribution is 2.29. The average Bonchev–Trinajstić information content (AvgIpc) is 2.94. The Balaban J connectivity index is 1.42. The summed E-state index contributed by atoms with van der Waals surface area (Å²) in [5.41, 5.74) is 1.89. The first-order valence-corrected chi connectivity index (χ1v) is 10.2. The number of aromatic nitrogens is 3. The Morgan fingerprint density at radius 1 is 1.26 bits per heavy atom. The summed E-state index contributed by atoms with van der Waals surface area (Å²) >= 11 is 0. The van der Waals surface area contributed by atoms with E-state index < -0.39 is 0 Å². The van der Waals surface area contributed by atoms with Crippen LogP contribution in [0.15, 0.2) is 30.7 Å². The van der Waals surface area contributed by atoms with E-state index in [1.54, 1.807) is 12.4 Å². The van der Waals surface area contributed by atoms with Crippen LogP contribution in [-0.4, -0.2) is 56.3 Å². The van der Waals surface area contributed by atoms with E-state index in [2.05, 4.69) is 26.8 Å². The van der Waals surface area contributed by atoms with E-state index in [1.165, 1.54) is 25.0 Å². The normalized spacial score (nSPS) is 22.8. The molecule has 1 amide bonds. The zero-order valence-electron chi connectivity index (χ0n) is 16.1. The van der Waals surface area contributed by atoms with E-state index in [0.717, 1.165) is 44.8 Å². The van der Waals surface area contributed by atoms with Crippen molar-refractivity contribution in [2.24, 2.45) is 5.92 Å². The summed E-state index contributed by atoms with van der Waals surface area (Å²) in [6.45, 7) is 5.82. The second-order valence-electron chi connectivity index (χ2n) is 7.94. The highest BCUT2D eigenvalue weighted by molar-refractivity contribution is 5.93. The maximum atomic E-state index is 12.9. The number of pyridine rings is 1. The zero-order valence-corrected chi connectivity index (χ0v) is 16.1. The first-order chi connectivity index (χ1) is 13.2. The lowest BCUT2D eigenvalue weighted by molar-refractivity contribution is 0.0735. The number of aryl methyl sites for hydroxylation is 1. The Morgan fingerprint density at radius 3 is 3.00 bits per heavy atom. The molecule has 2 aromatic heterocycles. The van der Waals surface area contributed by atoms with Crippen LogP contribution in [-0.2, 0) is 13.0 Å². The Bertz CT molecular complexity index is 759. The predicted molar refractivity (Wildman–Crippen MR) is 104 cm³/mol. The molecule has 5 rings (SSSR count). The van der Waals surface area contributed by atoms with Gasteiger partial charge in [0, 0.05) is 62.9 Å². The van der Waals surface area contributed by atoms with Crippen LogP contribution in [0, 0.1) is 5.92 Å². The molecule has 0 unspecified atom stereocenters. The molecular formula is C21H29N5O.